The lowest BCUT2D eigenvalue weighted by molar-refractivity contribution is 0.0963. The summed E-state index contributed by atoms with van der Waals surface area (Å²) in [5.41, 5.74) is 3.94. The Kier molecular flexibility index (Phi) is 10.5. The summed E-state index contributed by atoms with van der Waals surface area (Å²) < 4.78 is 5.06. The number of piperidine rings is 1. The van der Waals surface area contributed by atoms with E-state index in [1.54, 1.807) is 11.9 Å². The summed E-state index contributed by atoms with van der Waals surface area (Å²) in [6.45, 7) is 8.80. The van der Waals surface area contributed by atoms with Crippen LogP contribution in [-0.2, 0) is 11.2 Å². The Balaban J connectivity index is 0.00000364. The Labute approximate surface area is 180 Å². The maximum Gasteiger partial charge on any atom is 0.409 e. The van der Waals surface area contributed by atoms with Crippen LogP contribution in [0.5, 0.6) is 0 Å². The van der Waals surface area contributed by atoms with E-state index in [1.165, 1.54) is 16.7 Å². The second-order valence-electron chi connectivity index (χ2n) is 6.85. The van der Waals surface area contributed by atoms with Crippen molar-refractivity contribution in [2.75, 3.05) is 33.3 Å². The average Bonchev–Trinajstić information content (AvgIpc) is 2.61. The van der Waals surface area contributed by atoms with Crippen molar-refractivity contribution >= 4 is 36.0 Å². The lowest BCUT2D eigenvalue weighted by atomic mass is 10.1. The number of guanidine groups is 1. The minimum absolute atomic E-state index is 0. The number of carbonyl (C=O) groups is 1. The summed E-state index contributed by atoms with van der Waals surface area (Å²) in [6, 6.07) is 6.99. The molecule has 0 saturated carbocycles. The van der Waals surface area contributed by atoms with Gasteiger partial charge in [0.15, 0.2) is 5.96 Å². The molecular formula is C20H33IN4O2. The second-order valence-corrected chi connectivity index (χ2v) is 6.85. The van der Waals surface area contributed by atoms with E-state index in [9.17, 15) is 4.79 Å². The van der Waals surface area contributed by atoms with Gasteiger partial charge in [0, 0.05) is 32.7 Å². The number of ether oxygens (including phenoxy) is 1. The maximum atomic E-state index is 11.8. The van der Waals surface area contributed by atoms with Crippen LogP contribution in [-0.4, -0.2) is 56.3 Å². The van der Waals surface area contributed by atoms with Crippen LogP contribution in [0.25, 0.3) is 0 Å². The predicted octanol–water partition coefficient (Wildman–Crippen LogP) is 3.25. The Bertz CT molecular complexity index is 608. The van der Waals surface area contributed by atoms with Crippen LogP contribution < -0.4 is 10.6 Å². The first-order valence-electron chi connectivity index (χ1n) is 9.48. The van der Waals surface area contributed by atoms with E-state index in [2.05, 4.69) is 47.7 Å². The predicted molar refractivity (Wildman–Crippen MR) is 121 cm³/mol. The van der Waals surface area contributed by atoms with Crippen LogP contribution in [0.2, 0.25) is 0 Å². The molecule has 2 rings (SSSR count). The largest absolute Gasteiger partial charge is 0.450 e. The van der Waals surface area contributed by atoms with Gasteiger partial charge < -0.3 is 20.3 Å². The highest BCUT2D eigenvalue weighted by atomic mass is 127. The number of aliphatic imine (C=N–C) groups is 1. The fraction of sp³-hybridized carbons (Fsp3) is 0.600. The molecule has 0 aliphatic carbocycles. The molecule has 0 aromatic heterocycles. The van der Waals surface area contributed by atoms with Crippen LogP contribution in [0, 0.1) is 13.8 Å². The number of nitrogens with one attached hydrogen (secondary N) is 2. The van der Waals surface area contributed by atoms with Gasteiger partial charge in [0.25, 0.3) is 0 Å². The quantitative estimate of drug-likeness (QED) is 0.380. The summed E-state index contributed by atoms with van der Waals surface area (Å²) in [4.78, 5) is 17.9. The second kappa shape index (κ2) is 12.0. The van der Waals surface area contributed by atoms with E-state index in [1.807, 2.05) is 6.92 Å². The lowest BCUT2D eigenvalue weighted by Gasteiger charge is -2.32. The summed E-state index contributed by atoms with van der Waals surface area (Å²) in [5.74, 6) is 0.823. The first kappa shape index (κ1) is 23.5. The fourth-order valence-corrected chi connectivity index (χ4v) is 3.35. The number of hydrogen-bond donors (Lipinski definition) is 2. The van der Waals surface area contributed by atoms with Crippen molar-refractivity contribution in [1.82, 2.24) is 15.5 Å². The molecule has 27 heavy (non-hydrogen) atoms. The molecule has 1 amide bonds. The molecule has 6 nitrogen and oxygen atoms in total. The zero-order valence-corrected chi connectivity index (χ0v) is 19.2. The number of aryl methyl sites for hydroxylation is 2. The first-order chi connectivity index (χ1) is 12.5. The summed E-state index contributed by atoms with van der Waals surface area (Å²) in [7, 11) is 1.79. The molecular weight excluding hydrogens is 455 g/mol. The number of carbonyl (C=O) groups excluding carboxylic acids is 1. The van der Waals surface area contributed by atoms with Gasteiger partial charge in [-0.25, -0.2) is 4.79 Å². The topological polar surface area (TPSA) is 66.0 Å². The smallest absolute Gasteiger partial charge is 0.409 e. The van der Waals surface area contributed by atoms with Gasteiger partial charge in [-0.3, -0.25) is 4.99 Å². The van der Waals surface area contributed by atoms with Gasteiger partial charge in [-0.05, 0) is 45.6 Å². The molecule has 7 heteroatoms. The number of amides is 1. The van der Waals surface area contributed by atoms with Gasteiger partial charge in [-0.2, -0.15) is 0 Å². The lowest BCUT2D eigenvalue weighted by Crippen LogP contribution is -2.50. The van der Waals surface area contributed by atoms with Crippen molar-refractivity contribution in [3.8, 4) is 0 Å². The van der Waals surface area contributed by atoms with Gasteiger partial charge in [-0.15, -0.1) is 24.0 Å². The van der Waals surface area contributed by atoms with Crippen LogP contribution in [0.3, 0.4) is 0 Å². The molecule has 0 radical (unpaired) electrons. The normalized spacial score (nSPS) is 15.1. The Hall–Kier alpha value is -1.51. The average molecular weight is 488 g/mol. The van der Waals surface area contributed by atoms with Crippen molar-refractivity contribution < 1.29 is 9.53 Å². The standard InChI is InChI=1S/C20H32N4O2.HI/c1-5-26-20(25)24-10-7-18(8-11-24)23-19(21-4)22-9-6-17-13-15(2)12-16(3)14-17;/h12-14,18H,5-11H2,1-4H3,(H2,21,22,23);1H. The van der Waals surface area contributed by atoms with Gasteiger partial charge in [0.1, 0.15) is 0 Å². The molecule has 2 N–H and O–H groups in total. The highest BCUT2D eigenvalue weighted by molar-refractivity contribution is 14.0. The summed E-state index contributed by atoms with van der Waals surface area (Å²) >= 11 is 0. The highest BCUT2D eigenvalue weighted by Gasteiger charge is 2.23. The highest BCUT2D eigenvalue weighted by Crippen LogP contribution is 2.12. The summed E-state index contributed by atoms with van der Waals surface area (Å²) in [6.07, 6.45) is 2.56. The van der Waals surface area contributed by atoms with E-state index in [-0.39, 0.29) is 30.1 Å². The molecule has 1 aromatic carbocycles. The van der Waals surface area contributed by atoms with Crippen LogP contribution in [0.1, 0.15) is 36.5 Å². The molecule has 0 spiro atoms. The minimum atomic E-state index is -0.207. The molecule has 1 aromatic rings. The van der Waals surface area contributed by atoms with E-state index < -0.39 is 0 Å². The van der Waals surface area contributed by atoms with Crippen molar-refractivity contribution in [2.45, 2.75) is 46.1 Å². The van der Waals surface area contributed by atoms with Gasteiger partial charge in [-0.1, -0.05) is 29.3 Å². The van der Waals surface area contributed by atoms with E-state index in [4.69, 9.17) is 4.74 Å². The molecule has 1 aliphatic heterocycles. The molecule has 0 atom stereocenters. The first-order valence-corrected chi connectivity index (χ1v) is 9.48. The molecule has 1 saturated heterocycles. The number of benzene rings is 1. The van der Waals surface area contributed by atoms with Gasteiger partial charge in [0.2, 0.25) is 0 Å². The minimum Gasteiger partial charge on any atom is -0.450 e. The molecule has 1 heterocycles. The zero-order chi connectivity index (χ0) is 18.9. The molecule has 0 bridgehead atoms. The van der Waals surface area contributed by atoms with Crippen molar-refractivity contribution in [2.24, 2.45) is 4.99 Å². The van der Waals surface area contributed by atoms with Gasteiger partial charge in [0.05, 0.1) is 6.61 Å². The number of likely N-dealkylation sites (tertiary alicyclic amines) is 1. The van der Waals surface area contributed by atoms with E-state index in [0.717, 1.165) is 44.9 Å². The Morgan fingerprint density at radius 3 is 2.41 bits per heavy atom. The number of halogens is 1. The zero-order valence-electron chi connectivity index (χ0n) is 16.9. The maximum absolute atomic E-state index is 11.8. The SMILES string of the molecule is CCOC(=O)N1CCC(NC(=NC)NCCc2cc(C)cc(C)c2)CC1.I. The molecule has 1 aliphatic rings. The van der Waals surface area contributed by atoms with Crippen LogP contribution in [0.15, 0.2) is 23.2 Å². The monoisotopic (exact) mass is 488 g/mol. The third-order valence-electron chi connectivity index (χ3n) is 4.57. The number of rotatable bonds is 5. The van der Waals surface area contributed by atoms with Crippen LogP contribution >= 0.6 is 24.0 Å². The summed E-state index contributed by atoms with van der Waals surface area (Å²) in [5, 5.41) is 6.86. The van der Waals surface area contributed by atoms with E-state index in [0.29, 0.717) is 12.6 Å². The Morgan fingerprint density at radius 2 is 1.85 bits per heavy atom. The molecule has 152 valence electrons. The third-order valence-corrected chi connectivity index (χ3v) is 4.57. The third kappa shape index (κ3) is 7.94. The van der Waals surface area contributed by atoms with Crippen molar-refractivity contribution in [3.05, 3.63) is 34.9 Å². The van der Waals surface area contributed by atoms with E-state index >= 15 is 0 Å². The van der Waals surface area contributed by atoms with Crippen molar-refractivity contribution in [1.29, 1.82) is 0 Å². The molecule has 1 fully saturated rings. The van der Waals surface area contributed by atoms with Crippen LogP contribution in [0.4, 0.5) is 4.79 Å². The Morgan fingerprint density at radius 1 is 1.22 bits per heavy atom. The van der Waals surface area contributed by atoms with Crippen molar-refractivity contribution in [3.63, 3.8) is 0 Å². The van der Waals surface area contributed by atoms with Gasteiger partial charge >= 0.3 is 6.09 Å². The molecule has 0 unspecified atom stereocenters. The number of hydrogen-bond acceptors (Lipinski definition) is 3. The number of nitrogens with zero attached hydrogens (tertiary/aromatic N) is 2. The fourth-order valence-electron chi connectivity index (χ4n) is 3.35.